The molecule has 2 nitrogen and oxygen atoms in total. The highest BCUT2D eigenvalue weighted by molar-refractivity contribution is 4.69. The molecule has 0 amide bonds. The van der Waals surface area contributed by atoms with Gasteiger partial charge in [0, 0.05) is 14.0 Å². The van der Waals surface area contributed by atoms with Crippen molar-refractivity contribution in [1.29, 1.82) is 0 Å². The van der Waals surface area contributed by atoms with Gasteiger partial charge in [-0.1, -0.05) is 13.8 Å². The smallest absolute Gasteiger partial charge is 0.0165 e. The third kappa shape index (κ3) is 4.43. The van der Waals surface area contributed by atoms with Gasteiger partial charge in [0.15, 0.2) is 0 Å². The molecule has 58 valence electrons. The van der Waals surface area contributed by atoms with Crippen molar-refractivity contribution in [1.82, 2.24) is 5.32 Å². The van der Waals surface area contributed by atoms with Crippen LogP contribution in [0.4, 0.5) is 0 Å². The highest BCUT2D eigenvalue weighted by Gasteiger charge is 2.05. The van der Waals surface area contributed by atoms with E-state index in [0.29, 0.717) is 6.04 Å². The molecule has 1 aliphatic heterocycles. The second-order valence-electron chi connectivity index (χ2n) is 2.11. The van der Waals surface area contributed by atoms with Crippen molar-refractivity contribution in [3.05, 3.63) is 0 Å². The average Bonchev–Trinajstić information content (AvgIpc) is 1.94. The molecular formula is C7H20N2. The van der Waals surface area contributed by atoms with Crippen molar-refractivity contribution in [2.24, 2.45) is 5.73 Å². The number of nitrogens with one attached hydrogen (secondary N) is 1. The minimum absolute atomic E-state index is 0. The number of piperidine rings is 1. The summed E-state index contributed by atoms with van der Waals surface area (Å²) in [6, 6.07) is 0.425. The van der Waals surface area contributed by atoms with Crippen LogP contribution in [-0.2, 0) is 0 Å². The maximum absolute atomic E-state index is 5.57. The van der Waals surface area contributed by atoms with Gasteiger partial charge in [-0.3, -0.25) is 0 Å². The van der Waals surface area contributed by atoms with Crippen molar-refractivity contribution < 1.29 is 1.43 Å². The summed E-state index contributed by atoms with van der Waals surface area (Å²) in [5.74, 6) is 0. The SMILES string of the molecule is CC.NC1CCCNC1.[HH]. The minimum atomic E-state index is 0. The van der Waals surface area contributed by atoms with Gasteiger partial charge in [-0.25, -0.2) is 0 Å². The molecule has 1 atom stereocenters. The average molecular weight is 132 g/mol. The summed E-state index contributed by atoms with van der Waals surface area (Å²) in [6.45, 7) is 6.17. The van der Waals surface area contributed by atoms with E-state index >= 15 is 0 Å². The molecule has 3 N–H and O–H groups in total. The fourth-order valence-corrected chi connectivity index (χ4v) is 0.879. The van der Waals surface area contributed by atoms with Crippen LogP contribution in [0.25, 0.3) is 0 Å². The first-order valence-corrected chi connectivity index (χ1v) is 3.86. The van der Waals surface area contributed by atoms with Crippen molar-refractivity contribution in [3.8, 4) is 0 Å². The topological polar surface area (TPSA) is 38.0 Å². The standard InChI is InChI=1S/C5H12N2.C2H6.H2/c6-5-2-1-3-7-4-5;1-2;/h5,7H,1-4,6H2;1-2H3;1H. The predicted molar refractivity (Wildman–Crippen MR) is 43.5 cm³/mol. The van der Waals surface area contributed by atoms with E-state index < -0.39 is 0 Å². The molecule has 0 aliphatic carbocycles. The van der Waals surface area contributed by atoms with Crippen LogP contribution in [0.5, 0.6) is 0 Å². The van der Waals surface area contributed by atoms with E-state index in [1.54, 1.807) is 0 Å². The Balaban J connectivity index is 0. The second-order valence-corrected chi connectivity index (χ2v) is 2.11. The fourth-order valence-electron chi connectivity index (χ4n) is 0.879. The van der Waals surface area contributed by atoms with Gasteiger partial charge in [0.2, 0.25) is 0 Å². The van der Waals surface area contributed by atoms with Crippen LogP contribution >= 0.6 is 0 Å². The second kappa shape index (κ2) is 6.05. The fraction of sp³-hybridized carbons (Fsp3) is 1.00. The van der Waals surface area contributed by atoms with E-state index in [2.05, 4.69) is 5.32 Å². The molecular weight excluding hydrogens is 112 g/mol. The van der Waals surface area contributed by atoms with Crippen LogP contribution in [0, 0.1) is 0 Å². The van der Waals surface area contributed by atoms with E-state index in [0.717, 1.165) is 13.1 Å². The van der Waals surface area contributed by atoms with Gasteiger partial charge in [0.1, 0.15) is 0 Å². The molecule has 1 aliphatic rings. The zero-order valence-corrected chi connectivity index (χ0v) is 6.48. The van der Waals surface area contributed by atoms with Crippen molar-refractivity contribution >= 4 is 0 Å². The third-order valence-electron chi connectivity index (χ3n) is 1.33. The maximum atomic E-state index is 5.57. The van der Waals surface area contributed by atoms with E-state index in [9.17, 15) is 0 Å². The Bertz CT molecular complexity index is 53.6. The minimum Gasteiger partial charge on any atom is -0.327 e. The molecule has 2 heteroatoms. The lowest BCUT2D eigenvalue weighted by Crippen LogP contribution is -2.39. The van der Waals surface area contributed by atoms with Gasteiger partial charge in [-0.05, 0) is 19.4 Å². The molecule has 0 bridgehead atoms. The summed E-state index contributed by atoms with van der Waals surface area (Å²) in [4.78, 5) is 0. The molecule has 0 aromatic heterocycles. The van der Waals surface area contributed by atoms with Gasteiger partial charge < -0.3 is 11.1 Å². The first kappa shape index (κ1) is 8.92. The Morgan fingerprint density at radius 2 is 2.22 bits per heavy atom. The van der Waals surface area contributed by atoms with E-state index in [4.69, 9.17) is 5.73 Å². The summed E-state index contributed by atoms with van der Waals surface area (Å²) in [7, 11) is 0. The first-order chi connectivity index (χ1) is 4.39. The van der Waals surface area contributed by atoms with E-state index in [-0.39, 0.29) is 1.43 Å². The number of hydrogen-bond acceptors (Lipinski definition) is 2. The molecule has 9 heavy (non-hydrogen) atoms. The molecule has 1 rings (SSSR count). The molecule has 1 heterocycles. The molecule has 0 aromatic carbocycles. The number of rotatable bonds is 0. The lowest BCUT2D eigenvalue weighted by atomic mass is 10.1. The molecule has 1 unspecified atom stereocenters. The Kier molecular flexibility index (Phi) is 5.99. The van der Waals surface area contributed by atoms with Crippen LogP contribution in [0.3, 0.4) is 0 Å². The summed E-state index contributed by atoms with van der Waals surface area (Å²) in [5, 5.41) is 3.21. The van der Waals surface area contributed by atoms with Gasteiger partial charge in [0.05, 0.1) is 0 Å². The quantitative estimate of drug-likeness (QED) is 0.515. The summed E-state index contributed by atoms with van der Waals surface area (Å²) >= 11 is 0. The van der Waals surface area contributed by atoms with Crippen LogP contribution in [-0.4, -0.2) is 19.1 Å². The first-order valence-electron chi connectivity index (χ1n) is 3.86. The summed E-state index contributed by atoms with van der Waals surface area (Å²) in [6.07, 6.45) is 2.45. The Morgan fingerprint density at radius 3 is 2.44 bits per heavy atom. The van der Waals surface area contributed by atoms with Crippen molar-refractivity contribution in [2.45, 2.75) is 32.7 Å². The van der Waals surface area contributed by atoms with Crippen molar-refractivity contribution in [2.75, 3.05) is 13.1 Å². The lowest BCUT2D eigenvalue weighted by Gasteiger charge is -2.17. The Labute approximate surface area is 59.3 Å². The highest BCUT2D eigenvalue weighted by Crippen LogP contribution is 1.96. The largest absolute Gasteiger partial charge is 0.327 e. The highest BCUT2D eigenvalue weighted by atomic mass is 14.9. The van der Waals surface area contributed by atoms with Gasteiger partial charge >= 0.3 is 0 Å². The summed E-state index contributed by atoms with van der Waals surface area (Å²) < 4.78 is 0. The number of hydrogen-bond donors (Lipinski definition) is 2. The van der Waals surface area contributed by atoms with Gasteiger partial charge in [-0.2, -0.15) is 0 Å². The normalized spacial score (nSPS) is 26.3. The van der Waals surface area contributed by atoms with Gasteiger partial charge in [-0.15, -0.1) is 0 Å². The van der Waals surface area contributed by atoms with Crippen molar-refractivity contribution in [3.63, 3.8) is 0 Å². The third-order valence-corrected chi connectivity index (χ3v) is 1.33. The molecule has 0 radical (unpaired) electrons. The van der Waals surface area contributed by atoms with E-state index in [1.165, 1.54) is 12.8 Å². The van der Waals surface area contributed by atoms with Crippen LogP contribution in [0.2, 0.25) is 0 Å². The Hall–Kier alpha value is -0.0800. The maximum Gasteiger partial charge on any atom is 0.0165 e. The molecule has 0 saturated carbocycles. The van der Waals surface area contributed by atoms with E-state index in [1.807, 2.05) is 13.8 Å². The lowest BCUT2D eigenvalue weighted by molar-refractivity contribution is 0.459. The monoisotopic (exact) mass is 132 g/mol. The predicted octanol–water partition coefficient (Wildman–Crippen LogP) is 0.969. The summed E-state index contributed by atoms with van der Waals surface area (Å²) in [5.41, 5.74) is 5.57. The molecule has 0 aromatic rings. The molecule has 0 spiro atoms. The molecule has 1 saturated heterocycles. The van der Waals surface area contributed by atoms with Crippen LogP contribution in [0.1, 0.15) is 28.1 Å². The molecule has 1 fully saturated rings. The van der Waals surface area contributed by atoms with Crippen LogP contribution in [0.15, 0.2) is 0 Å². The number of nitrogens with two attached hydrogens (primary N) is 1. The zero-order chi connectivity index (χ0) is 7.11. The van der Waals surface area contributed by atoms with Crippen LogP contribution < -0.4 is 11.1 Å². The van der Waals surface area contributed by atoms with Gasteiger partial charge in [0.25, 0.3) is 0 Å². The Morgan fingerprint density at radius 1 is 1.56 bits per heavy atom. The zero-order valence-electron chi connectivity index (χ0n) is 6.48.